The van der Waals surface area contributed by atoms with E-state index in [-0.39, 0.29) is 30.6 Å². The normalized spacial score (nSPS) is 19.4. The number of hydrogen-bond acceptors (Lipinski definition) is 5. The number of nitrogens with zero attached hydrogens (tertiary/aromatic N) is 2. The first-order valence-electron chi connectivity index (χ1n) is 10.8. The van der Waals surface area contributed by atoms with Crippen molar-refractivity contribution in [2.45, 2.75) is 46.1 Å². The third-order valence-electron chi connectivity index (χ3n) is 5.83. The van der Waals surface area contributed by atoms with Crippen LogP contribution in [0, 0.1) is 0 Å². The van der Waals surface area contributed by atoms with E-state index in [4.69, 9.17) is 14.6 Å². The molecule has 0 bridgehead atoms. The van der Waals surface area contributed by atoms with Crippen molar-refractivity contribution < 1.29 is 19.1 Å². The highest BCUT2D eigenvalue weighted by atomic mass is 16.7. The molecule has 2 unspecified atom stereocenters. The van der Waals surface area contributed by atoms with Gasteiger partial charge in [-0.2, -0.15) is 5.10 Å². The van der Waals surface area contributed by atoms with E-state index in [0.29, 0.717) is 11.5 Å². The summed E-state index contributed by atoms with van der Waals surface area (Å²) in [5.74, 6) is 1.30. The number of anilines is 1. The maximum atomic E-state index is 12.4. The van der Waals surface area contributed by atoms with E-state index < -0.39 is 0 Å². The molecule has 4 rings (SSSR count). The van der Waals surface area contributed by atoms with Crippen molar-refractivity contribution in [2.24, 2.45) is 5.10 Å². The smallest absolute Gasteiger partial charge is 0.239 e. The zero-order chi connectivity index (χ0) is 22.8. The summed E-state index contributed by atoms with van der Waals surface area (Å²) in [5, 5.41) is 9.08. The molecule has 0 spiro atoms. The van der Waals surface area contributed by atoms with E-state index >= 15 is 0 Å². The molecule has 7 heteroatoms. The van der Waals surface area contributed by atoms with Gasteiger partial charge in [0.1, 0.15) is 0 Å². The third-order valence-corrected chi connectivity index (χ3v) is 5.83. The fourth-order valence-electron chi connectivity index (χ4n) is 4.27. The molecular weight excluding hydrogens is 406 g/mol. The van der Waals surface area contributed by atoms with Crippen LogP contribution in [0.4, 0.5) is 5.69 Å². The predicted molar refractivity (Wildman–Crippen MR) is 124 cm³/mol. The highest BCUT2D eigenvalue weighted by Gasteiger charge is 2.33. The standard InChI is InChI=1S/C25H27N3O4/c1-5-20-15(2)28(17(4)30)27-23(22-13-25-24(12-21(20)22)31-14-32-25)11-8-18-6-9-19(10-7-18)26-16(3)29/h6-13,15,20H,5,14H2,1-4H3,(H,26,29)/b11-8+. The summed E-state index contributed by atoms with van der Waals surface area (Å²) in [5.41, 5.74) is 4.40. The molecule has 7 nitrogen and oxygen atoms in total. The molecule has 2 heterocycles. The molecule has 1 N–H and O–H groups in total. The Bertz CT molecular complexity index is 1100. The van der Waals surface area contributed by atoms with E-state index in [1.54, 1.807) is 5.01 Å². The molecule has 2 aliphatic rings. The van der Waals surface area contributed by atoms with E-state index in [9.17, 15) is 9.59 Å². The van der Waals surface area contributed by atoms with Gasteiger partial charge in [-0.05, 0) is 54.8 Å². The van der Waals surface area contributed by atoms with E-state index in [1.807, 2.05) is 55.5 Å². The van der Waals surface area contributed by atoms with Crippen molar-refractivity contribution in [1.29, 1.82) is 0 Å². The van der Waals surface area contributed by atoms with Crippen LogP contribution in [0.1, 0.15) is 56.7 Å². The van der Waals surface area contributed by atoms with Gasteiger partial charge in [0.05, 0.1) is 11.8 Å². The number of hydrazone groups is 1. The molecule has 2 aromatic rings. The van der Waals surface area contributed by atoms with Gasteiger partial charge in [-0.25, -0.2) is 5.01 Å². The van der Waals surface area contributed by atoms with Crippen LogP contribution < -0.4 is 14.8 Å². The van der Waals surface area contributed by atoms with Crippen LogP contribution in [0.25, 0.3) is 6.08 Å². The van der Waals surface area contributed by atoms with E-state index in [2.05, 4.69) is 12.2 Å². The van der Waals surface area contributed by atoms with Crippen molar-refractivity contribution in [2.75, 3.05) is 12.1 Å². The Morgan fingerprint density at radius 2 is 1.81 bits per heavy atom. The van der Waals surface area contributed by atoms with Gasteiger partial charge in [-0.3, -0.25) is 9.59 Å². The second-order valence-electron chi connectivity index (χ2n) is 8.03. The lowest BCUT2D eigenvalue weighted by Gasteiger charge is -2.28. The maximum absolute atomic E-state index is 12.4. The van der Waals surface area contributed by atoms with Crippen molar-refractivity contribution in [3.63, 3.8) is 0 Å². The van der Waals surface area contributed by atoms with Crippen LogP contribution in [-0.4, -0.2) is 35.4 Å². The largest absolute Gasteiger partial charge is 0.454 e. The average Bonchev–Trinajstić information content (AvgIpc) is 3.17. The summed E-state index contributed by atoms with van der Waals surface area (Å²) in [6.45, 7) is 7.36. The molecule has 2 amide bonds. The first-order valence-corrected chi connectivity index (χ1v) is 10.8. The number of benzene rings is 2. The molecule has 2 atom stereocenters. The Labute approximate surface area is 187 Å². The van der Waals surface area contributed by atoms with Crippen LogP contribution in [0.5, 0.6) is 11.5 Å². The second-order valence-corrected chi connectivity index (χ2v) is 8.03. The van der Waals surface area contributed by atoms with Gasteiger partial charge in [0.25, 0.3) is 0 Å². The molecule has 0 saturated carbocycles. The molecule has 2 aromatic carbocycles. The van der Waals surface area contributed by atoms with Crippen LogP contribution >= 0.6 is 0 Å². The molecule has 0 aliphatic carbocycles. The zero-order valence-electron chi connectivity index (χ0n) is 18.7. The Morgan fingerprint density at radius 1 is 1.12 bits per heavy atom. The fraction of sp³-hybridized carbons (Fsp3) is 0.320. The first kappa shape index (κ1) is 21.6. The average molecular weight is 434 g/mol. The number of carbonyl (C=O) groups excluding carboxylic acids is 2. The van der Waals surface area contributed by atoms with E-state index in [0.717, 1.165) is 34.5 Å². The lowest BCUT2D eigenvalue weighted by atomic mass is 9.85. The van der Waals surface area contributed by atoms with Gasteiger partial charge >= 0.3 is 0 Å². The van der Waals surface area contributed by atoms with Crippen molar-refractivity contribution in [3.8, 4) is 11.5 Å². The molecule has 0 radical (unpaired) electrons. The minimum atomic E-state index is -0.111. The van der Waals surface area contributed by atoms with Crippen LogP contribution in [0.15, 0.2) is 47.6 Å². The number of rotatable bonds is 4. The molecule has 32 heavy (non-hydrogen) atoms. The van der Waals surface area contributed by atoms with Gasteiger partial charge in [0.2, 0.25) is 18.6 Å². The summed E-state index contributed by atoms with van der Waals surface area (Å²) in [6.07, 6.45) is 4.71. The number of ether oxygens (including phenoxy) is 2. The van der Waals surface area contributed by atoms with Crippen LogP contribution in [0.2, 0.25) is 0 Å². The second kappa shape index (κ2) is 8.86. The van der Waals surface area contributed by atoms with Gasteiger partial charge in [0.15, 0.2) is 11.5 Å². The molecule has 0 aromatic heterocycles. The van der Waals surface area contributed by atoms with Gasteiger partial charge in [-0.15, -0.1) is 0 Å². The summed E-state index contributed by atoms with van der Waals surface area (Å²) in [6, 6.07) is 11.4. The first-order chi connectivity index (χ1) is 15.4. The predicted octanol–water partition coefficient (Wildman–Crippen LogP) is 4.54. The Balaban J connectivity index is 1.76. The number of allylic oxidation sites excluding steroid dienone is 1. The third kappa shape index (κ3) is 4.23. The Morgan fingerprint density at radius 3 is 2.44 bits per heavy atom. The minimum Gasteiger partial charge on any atom is -0.454 e. The summed E-state index contributed by atoms with van der Waals surface area (Å²) < 4.78 is 11.2. The number of hydrogen-bond donors (Lipinski definition) is 1. The Hall–Kier alpha value is -3.61. The molecule has 2 aliphatic heterocycles. The minimum absolute atomic E-state index is 0.0977. The molecule has 166 valence electrons. The fourth-order valence-corrected chi connectivity index (χ4v) is 4.27. The van der Waals surface area contributed by atoms with Crippen molar-refractivity contribution in [3.05, 3.63) is 59.2 Å². The van der Waals surface area contributed by atoms with Crippen LogP contribution in [0.3, 0.4) is 0 Å². The van der Waals surface area contributed by atoms with Crippen LogP contribution in [-0.2, 0) is 9.59 Å². The monoisotopic (exact) mass is 433 g/mol. The van der Waals surface area contributed by atoms with Crippen molar-refractivity contribution >= 4 is 29.3 Å². The summed E-state index contributed by atoms with van der Waals surface area (Å²) in [4.78, 5) is 23.7. The lowest BCUT2D eigenvalue weighted by Crippen LogP contribution is -2.36. The lowest BCUT2D eigenvalue weighted by molar-refractivity contribution is -0.131. The highest BCUT2D eigenvalue weighted by Crippen LogP contribution is 2.41. The SMILES string of the molecule is CCC1c2cc3c(cc2C(/C=C/c2ccc(NC(C)=O)cc2)=NN(C(C)=O)C1C)OCO3. The molecular formula is C25H27N3O4. The Kier molecular flexibility index (Phi) is 5.99. The number of carbonyl (C=O) groups is 2. The maximum Gasteiger partial charge on any atom is 0.239 e. The van der Waals surface area contributed by atoms with E-state index in [1.165, 1.54) is 13.8 Å². The number of nitrogens with one attached hydrogen (secondary N) is 1. The number of amides is 2. The summed E-state index contributed by atoms with van der Waals surface area (Å²) in [7, 11) is 0. The summed E-state index contributed by atoms with van der Waals surface area (Å²) >= 11 is 0. The molecule has 0 fully saturated rings. The molecule has 0 saturated heterocycles. The van der Waals surface area contributed by atoms with Gasteiger partial charge in [-0.1, -0.05) is 25.1 Å². The zero-order valence-corrected chi connectivity index (χ0v) is 18.7. The van der Waals surface area contributed by atoms with Crippen molar-refractivity contribution in [1.82, 2.24) is 5.01 Å². The number of fused-ring (bicyclic) bond motifs is 2. The topological polar surface area (TPSA) is 80.2 Å². The quantitative estimate of drug-likeness (QED) is 0.768. The van der Waals surface area contributed by atoms with Gasteiger partial charge < -0.3 is 14.8 Å². The van der Waals surface area contributed by atoms with Gasteiger partial charge in [0, 0.05) is 31.0 Å². The highest BCUT2D eigenvalue weighted by molar-refractivity contribution is 6.12.